The van der Waals surface area contributed by atoms with Crippen molar-refractivity contribution in [3.05, 3.63) is 24.3 Å². The average Bonchev–Trinajstić information content (AvgIpc) is 2.62. The van der Waals surface area contributed by atoms with Crippen molar-refractivity contribution in [3.63, 3.8) is 0 Å². The smallest absolute Gasteiger partial charge is 0.316 e. The van der Waals surface area contributed by atoms with Gasteiger partial charge in [0.2, 0.25) is 0 Å². The summed E-state index contributed by atoms with van der Waals surface area (Å²) in [6.07, 6.45) is 0. The number of carbonyl (C=O) groups is 1. The van der Waals surface area contributed by atoms with Crippen LogP contribution in [0, 0.1) is 0 Å². The van der Waals surface area contributed by atoms with Crippen LogP contribution in [0.3, 0.4) is 0 Å². The van der Waals surface area contributed by atoms with E-state index in [4.69, 9.17) is 4.84 Å². The Bertz CT molecular complexity index is 480. The lowest BCUT2D eigenvalue weighted by atomic mass is 10.3. The van der Waals surface area contributed by atoms with Crippen molar-refractivity contribution in [3.8, 4) is 0 Å². The number of likely N-dealkylation sites (N-methyl/N-ethyl adjacent to an activating group) is 1. The Labute approximate surface area is 85.8 Å². The molecule has 0 spiro atoms. The molecule has 0 radical (unpaired) electrons. The molecule has 0 aliphatic heterocycles. The third-order valence-corrected chi connectivity index (χ3v) is 1.83. The molecule has 0 amide bonds. The van der Waals surface area contributed by atoms with Crippen molar-refractivity contribution in [2.75, 3.05) is 13.6 Å². The normalized spacial score (nSPS) is 10.5. The number of hydrogen-bond donors (Lipinski definition) is 1. The molecule has 2 aromatic rings. The minimum Gasteiger partial charge on any atom is -0.316 e. The van der Waals surface area contributed by atoms with Crippen molar-refractivity contribution < 1.29 is 9.63 Å². The molecule has 2 rings (SSSR count). The van der Waals surface area contributed by atoms with Gasteiger partial charge in [0, 0.05) is 0 Å². The number of nitrogens with one attached hydrogen (secondary N) is 1. The number of hydrogen-bond acceptors (Lipinski definition) is 5. The van der Waals surface area contributed by atoms with Gasteiger partial charge in [0.1, 0.15) is 11.0 Å². The standard InChI is InChI=1S/C9H10N4O2/c1-10-6-9(14)15-13-8-5-3-2-4-7(8)11-12-13/h2-5,10H,6H2,1H3. The highest BCUT2D eigenvalue weighted by atomic mass is 16.7. The lowest BCUT2D eigenvalue weighted by Crippen LogP contribution is -2.29. The van der Waals surface area contributed by atoms with Gasteiger partial charge in [0.15, 0.2) is 0 Å². The van der Waals surface area contributed by atoms with E-state index in [1.54, 1.807) is 19.2 Å². The lowest BCUT2D eigenvalue weighted by Gasteiger charge is -2.01. The van der Waals surface area contributed by atoms with Crippen LogP contribution in [0.1, 0.15) is 0 Å². The van der Waals surface area contributed by atoms with Crippen LogP contribution < -0.4 is 10.2 Å². The first-order valence-electron chi connectivity index (χ1n) is 4.47. The highest BCUT2D eigenvalue weighted by Gasteiger charge is 2.08. The first-order valence-corrected chi connectivity index (χ1v) is 4.47. The molecule has 0 fully saturated rings. The monoisotopic (exact) mass is 206 g/mol. The van der Waals surface area contributed by atoms with Gasteiger partial charge in [-0.05, 0) is 24.4 Å². The highest BCUT2D eigenvalue weighted by molar-refractivity contribution is 5.76. The van der Waals surface area contributed by atoms with Gasteiger partial charge in [0.05, 0.1) is 6.54 Å². The molecule has 0 unspecified atom stereocenters. The summed E-state index contributed by atoms with van der Waals surface area (Å²) in [5.41, 5.74) is 1.36. The van der Waals surface area contributed by atoms with E-state index >= 15 is 0 Å². The molecule has 1 N–H and O–H groups in total. The van der Waals surface area contributed by atoms with E-state index in [2.05, 4.69) is 15.6 Å². The maximum Gasteiger partial charge on any atom is 0.348 e. The quantitative estimate of drug-likeness (QED) is 0.692. The molecule has 1 heterocycles. The third kappa shape index (κ3) is 1.94. The summed E-state index contributed by atoms with van der Waals surface area (Å²) in [4.78, 5) is 17.3. The number of rotatable bonds is 3. The average molecular weight is 206 g/mol. The van der Waals surface area contributed by atoms with Crippen molar-refractivity contribution in [1.29, 1.82) is 0 Å². The minimum atomic E-state index is -0.409. The van der Waals surface area contributed by atoms with E-state index in [0.29, 0.717) is 11.0 Å². The van der Waals surface area contributed by atoms with E-state index in [1.165, 1.54) is 0 Å². The van der Waals surface area contributed by atoms with E-state index in [1.807, 2.05) is 12.1 Å². The third-order valence-electron chi connectivity index (χ3n) is 1.83. The van der Waals surface area contributed by atoms with Crippen LogP contribution in [0.5, 0.6) is 0 Å². The van der Waals surface area contributed by atoms with Gasteiger partial charge < -0.3 is 10.2 Å². The van der Waals surface area contributed by atoms with E-state index < -0.39 is 5.97 Å². The predicted octanol–water partition coefficient (Wildman–Crippen LogP) is -0.394. The molecule has 0 saturated carbocycles. The van der Waals surface area contributed by atoms with E-state index in [0.717, 1.165) is 4.85 Å². The highest BCUT2D eigenvalue weighted by Crippen LogP contribution is 2.07. The molecule has 6 nitrogen and oxygen atoms in total. The number of fused-ring (bicyclic) bond motifs is 1. The Morgan fingerprint density at radius 3 is 3.13 bits per heavy atom. The van der Waals surface area contributed by atoms with Crippen LogP contribution in [0.25, 0.3) is 11.0 Å². The van der Waals surface area contributed by atoms with Gasteiger partial charge in [-0.25, -0.2) is 4.79 Å². The van der Waals surface area contributed by atoms with Crippen LogP contribution in [-0.4, -0.2) is 34.7 Å². The molecule has 0 aliphatic rings. The molecule has 1 aromatic heterocycles. The Hall–Kier alpha value is -1.95. The van der Waals surface area contributed by atoms with E-state index in [-0.39, 0.29) is 6.54 Å². The Kier molecular flexibility index (Phi) is 2.59. The first-order chi connectivity index (χ1) is 7.31. The largest absolute Gasteiger partial charge is 0.348 e. The summed E-state index contributed by atoms with van der Waals surface area (Å²) in [6.45, 7) is 0.133. The number of nitrogens with zero attached hydrogens (tertiary/aromatic N) is 3. The number of carbonyl (C=O) groups excluding carboxylic acids is 1. The van der Waals surface area contributed by atoms with Crippen LogP contribution >= 0.6 is 0 Å². The van der Waals surface area contributed by atoms with Crippen LogP contribution in [0.2, 0.25) is 0 Å². The molecule has 15 heavy (non-hydrogen) atoms. The zero-order chi connectivity index (χ0) is 10.7. The van der Waals surface area contributed by atoms with Gasteiger partial charge in [-0.1, -0.05) is 17.0 Å². The summed E-state index contributed by atoms with van der Waals surface area (Å²) in [5, 5.41) is 10.3. The number of aromatic nitrogens is 3. The maximum atomic E-state index is 11.2. The van der Waals surface area contributed by atoms with Gasteiger partial charge in [0.25, 0.3) is 0 Å². The van der Waals surface area contributed by atoms with Crippen molar-refractivity contribution in [2.24, 2.45) is 0 Å². The number of para-hydroxylation sites is 1. The fourth-order valence-corrected chi connectivity index (χ4v) is 1.19. The van der Waals surface area contributed by atoms with Gasteiger partial charge in [-0.2, -0.15) is 0 Å². The fraction of sp³-hybridized carbons (Fsp3) is 0.222. The number of benzene rings is 1. The summed E-state index contributed by atoms with van der Waals surface area (Å²) >= 11 is 0. The molecule has 0 saturated heterocycles. The molecule has 78 valence electrons. The lowest BCUT2D eigenvalue weighted by molar-refractivity contribution is -0.144. The second-order valence-electron chi connectivity index (χ2n) is 2.94. The Morgan fingerprint density at radius 1 is 1.53 bits per heavy atom. The van der Waals surface area contributed by atoms with Crippen LogP contribution in [0.15, 0.2) is 24.3 Å². The van der Waals surface area contributed by atoms with Crippen LogP contribution in [0.4, 0.5) is 0 Å². The zero-order valence-electron chi connectivity index (χ0n) is 8.17. The predicted molar refractivity (Wildman–Crippen MR) is 53.0 cm³/mol. The van der Waals surface area contributed by atoms with Crippen molar-refractivity contribution >= 4 is 17.0 Å². The second kappa shape index (κ2) is 4.05. The van der Waals surface area contributed by atoms with Gasteiger partial charge in [-0.15, -0.1) is 5.10 Å². The first kappa shape index (κ1) is 9.60. The van der Waals surface area contributed by atoms with Gasteiger partial charge in [-0.3, -0.25) is 0 Å². The Morgan fingerprint density at radius 2 is 2.33 bits per heavy atom. The molecule has 0 bridgehead atoms. The summed E-state index contributed by atoms with van der Waals surface area (Å²) < 4.78 is 0. The fourth-order valence-electron chi connectivity index (χ4n) is 1.19. The SMILES string of the molecule is CNCC(=O)On1nnc2ccccc21. The zero-order valence-corrected chi connectivity index (χ0v) is 8.17. The summed E-state index contributed by atoms with van der Waals surface area (Å²) in [7, 11) is 1.67. The molecule has 6 heteroatoms. The molecule has 1 aromatic carbocycles. The second-order valence-corrected chi connectivity index (χ2v) is 2.94. The minimum absolute atomic E-state index is 0.133. The molecular weight excluding hydrogens is 196 g/mol. The van der Waals surface area contributed by atoms with Crippen LogP contribution in [-0.2, 0) is 4.79 Å². The Balaban J connectivity index is 2.25. The summed E-state index contributed by atoms with van der Waals surface area (Å²) in [5.74, 6) is -0.409. The molecule has 0 atom stereocenters. The summed E-state index contributed by atoms with van der Waals surface area (Å²) in [6, 6.07) is 7.25. The maximum absolute atomic E-state index is 11.2. The van der Waals surface area contributed by atoms with Crippen molar-refractivity contribution in [1.82, 2.24) is 20.5 Å². The van der Waals surface area contributed by atoms with Crippen molar-refractivity contribution in [2.45, 2.75) is 0 Å². The van der Waals surface area contributed by atoms with E-state index in [9.17, 15) is 4.79 Å². The topological polar surface area (TPSA) is 69.0 Å². The van der Waals surface area contributed by atoms with Gasteiger partial charge >= 0.3 is 5.97 Å². The molecular formula is C9H10N4O2. The molecule has 0 aliphatic carbocycles.